The summed E-state index contributed by atoms with van der Waals surface area (Å²) in [4.78, 5) is 24.5. The number of carbonyl (C=O) groups excluding carboxylic acids is 2. The van der Waals surface area contributed by atoms with E-state index in [0.29, 0.717) is 12.2 Å². The zero-order valence-corrected chi connectivity index (χ0v) is 19.3. The highest BCUT2D eigenvalue weighted by molar-refractivity contribution is 9.10. The maximum atomic E-state index is 12.4. The number of aromatic nitrogens is 1. The molecule has 3 aromatic rings. The number of halogens is 1. The lowest BCUT2D eigenvalue weighted by molar-refractivity contribution is -0.120. The van der Waals surface area contributed by atoms with Gasteiger partial charge in [0.15, 0.2) is 0 Å². The van der Waals surface area contributed by atoms with Crippen molar-refractivity contribution in [3.8, 4) is 5.69 Å². The van der Waals surface area contributed by atoms with Gasteiger partial charge in [-0.3, -0.25) is 4.79 Å². The molecular formula is C24H24BrN3O3. The SMILES string of the molecule is CCOC(=O)c1ccccc1-n1c(C)cc(/C=N\NC(=O)Cc2ccc(Br)cc2)c1C. The summed E-state index contributed by atoms with van der Waals surface area (Å²) in [5.74, 6) is -0.555. The van der Waals surface area contributed by atoms with Gasteiger partial charge >= 0.3 is 5.97 Å². The van der Waals surface area contributed by atoms with E-state index in [1.54, 1.807) is 19.2 Å². The Morgan fingerprint density at radius 2 is 1.84 bits per heavy atom. The van der Waals surface area contributed by atoms with E-state index in [1.807, 2.05) is 66.9 Å². The third-order valence-corrected chi connectivity index (χ3v) is 5.31. The highest BCUT2D eigenvalue weighted by Crippen LogP contribution is 2.23. The number of esters is 1. The van der Waals surface area contributed by atoms with E-state index in [0.717, 1.165) is 32.7 Å². The van der Waals surface area contributed by atoms with Crippen molar-refractivity contribution in [1.82, 2.24) is 9.99 Å². The molecule has 0 fully saturated rings. The number of hydrogen-bond acceptors (Lipinski definition) is 4. The first-order valence-electron chi connectivity index (χ1n) is 9.92. The van der Waals surface area contributed by atoms with Gasteiger partial charge in [-0.2, -0.15) is 5.10 Å². The molecule has 0 bridgehead atoms. The number of carbonyl (C=O) groups is 2. The molecule has 0 aliphatic rings. The molecule has 7 heteroatoms. The lowest BCUT2D eigenvalue weighted by atomic mass is 10.1. The van der Waals surface area contributed by atoms with Crippen molar-refractivity contribution in [3.05, 3.63) is 87.1 Å². The first kappa shape index (κ1) is 22.5. The summed E-state index contributed by atoms with van der Waals surface area (Å²) in [5.41, 5.74) is 7.41. The fraction of sp³-hybridized carbons (Fsp3) is 0.208. The number of nitrogens with zero attached hydrogens (tertiary/aromatic N) is 2. The van der Waals surface area contributed by atoms with E-state index in [4.69, 9.17) is 4.74 Å². The Kier molecular flexibility index (Phi) is 7.41. The molecule has 0 aliphatic heterocycles. The van der Waals surface area contributed by atoms with Gasteiger partial charge in [0.05, 0.1) is 30.5 Å². The Morgan fingerprint density at radius 1 is 1.13 bits per heavy atom. The quantitative estimate of drug-likeness (QED) is 0.301. The maximum absolute atomic E-state index is 12.4. The monoisotopic (exact) mass is 481 g/mol. The number of hydrogen-bond donors (Lipinski definition) is 1. The summed E-state index contributed by atoms with van der Waals surface area (Å²) in [6.45, 7) is 6.00. The van der Waals surface area contributed by atoms with Crippen LogP contribution in [0.5, 0.6) is 0 Å². The molecule has 0 radical (unpaired) electrons. The standard InChI is InChI=1S/C24H24BrN3O3/c1-4-31-24(30)21-7-5-6-8-22(21)28-16(2)13-19(17(28)3)15-26-27-23(29)14-18-9-11-20(25)12-10-18/h5-13,15H,4,14H2,1-3H3,(H,27,29)/b26-15-. The van der Waals surface area contributed by atoms with E-state index in [-0.39, 0.29) is 18.3 Å². The number of nitrogens with one attached hydrogen (secondary N) is 1. The van der Waals surface area contributed by atoms with Gasteiger partial charge in [-0.05, 0) is 56.7 Å². The van der Waals surface area contributed by atoms with Gasteiger partial charge in [-0.15, -0.1) is 0 Å². The topological polar surface area (TPSA) is 72.7 Å². The zero-order chi connectivity index (χ0) is 22.4. The van der Waals surface area contributed by atoms with Crippen LogP contribution in [0.3, 0.4) is 0 Å². The van der Waals surface area contributed by atoms with E-state index < -0.39 is 0 Å². The van der Waals surface area contributed by atoms with Crippen LogP contribution >= 0.6 is 15.9 Å². The molecule has 6 nitrogen and oxygen atoms in total. The lowest BCUT2D eigenvalue weighted by Gasteiger charge is -2.14. The van der Waals surface area contributed by atoms with Crippen molar-refractivity contribution < 1.29 is 14.3 Å². The van der Waals surface area contributed by atoms with Crippen molar-refractivity contribution in [2.45, 2.75) is 27.2 Å². The number of para-hydroxylation sites is 1. The fourth-order valence-electron chi connectivity index (χ4n) is 3.34. The van der Waals surface area contributed by atoms with Gasteiger partial charge < -0.3 is 9.30 Å². The number of hydrazone groups is 1. The van der Waals surface area contributed by atoms with Gasteiger partial charge in [-0.25, -0.2) is 10.2 Å². The lowest BCUT2D eigenvalue weighted by Crippen LogP contribution is -2.19. The first-order valence-corrected chi connectivity index (χ1v) is 10.7. The van der Waals surface area contributed by atoms with E-state index in [1.165, 1.54) is 0 Å². The van der Waals surface area contributed by atoms with E-state index in [2.05, 4.69) is 26.5 Å². The van der Waals surface area contributed by atoms with Crippen molar-refractivity contribution in [2.75, 3.05) is 6.61 Å². The molecule has 1 heterocycles. The van der Waals surface area contributed by atoms with E-state index in [9.17, 15) is 9.59 Å². The van der Waals surface area contributed by atoms with Crippen molar-refractivity contribution in [2.24, 2.45) is 5.10 Å². The third-order valence-electron chi connectivity index (χ3n) is 4.78. The minimum absolute atomic E-state index is 0.194. The molecular weight excluding hydrogens is 458 g/mol. The summed E-state index contributed by atoms with van der Waals surface area (Å²) in [6.07, 6.45) is 1.86. The second-order valence-electron chi connectivity index (χ2n) is 7.00. The Hall–Kier alpha value is -3.19. The fourth-order valence-corrected chi connectivity index (χ4v) is 3.60. The molecule has 0 saturated heterocycles. The number of amides is 1. The Bertz CT molecular complexity index is 1120. The van der Waals surface area contributed by atoms with E-state index >= 15 is 0 Å². The normalized spacial score (nSPS) is 11.0. The molecule has 0 saturated carbocycles. The summed E-state index contributed by atoms with van der Waals surface area (Å²) >= 11 is 3.38. The van der Waals surface area contributed by atoms with Crippen molar-refractivity contribution in [3.63, 3.8) is 0 Å². The molecule has 31 heavy (non-hydrogen) atoms. The molecule has 160 valence electrons. The van der Waals surface area contributed by atoms with Crippen LogP contribution in [0.1, 0.15) is 39.8 Å². The van der Waals surface area contributed by atoms with Gasteiger partial charge in [0, 0.05) is 21.4 Å². The summed E-state index contributed by atoms with van der Waals surface area (Å²) in [6, 6.07) is 16.9. The molecule has 2 aromatic carbocycles. The predicted molar refractivity (Wildman–Crippen MR) is 125 cm³/mol. The minimum Gasteiger partial charge on any atom is -0.462 e. The van der Waals surface area contributed by atoms with Crippen molar-refractivity contribution >= 4 is 34.0 Å². The maximum Gasteiger partial charge on any atom is 0.340 e. The van der Waals surface area contributed by atoms with Crippen LogP contribution in [0, 0.1) is 13.8 Å². The molecule has 0 unspecified atom stereocenters. The average Bonchev–Trinajstić information content (AvgIpc) is 3.03. The minimum atomic E-state index is -0.360. The highest BCUT2D eigenvalue weighted by atomic mass is 79.9. The molecule has 1 aromatic heterocycles. The Balaban J connectivity index is 1.77. The van der Waals surface area contributed by atoms with Gasteiger partial charge in [0.2, 0.25) is 5.91 Å². The molecule has 0 atom stereocenters. The Morgan fingerprint density at radius 3 is 2.55 bits per heavy atom. The largest absolute Gasteiger partial charge is 0.462 e. The number of aryl methyl sites for hydroxylation is 1. The smallest absolute Gasteiger partial charge is 0.340 e. The second-order valence-corrected chi connectivity index (χ2v) is 7.91. The second kappa shape index (κ2) is 10.2. The van der Waals surface area contributed by atoms with Crippen LogP contribution in [0.25, 0.3) is 5.69 Å². The predicted octanol–water partition coefficient (Wildman–Crippen LogP) is 4.73. The first-order chi connectivity index (χ1) is 14.9. The van der Waals surface area contributed by atoms with Crippen molar-refractivity contribution in [1.29, 1.82) is 0 Å². The van der Waals surface area contributed by atoms with Gasteiger partial charge in [0.1, 0.15) is 0 Å². The van der Waals surface area contributed by atoms with Crippen LogP contribution in [0.15, 0.2) is 64.2 Å². The summed E-state index contributed by atoms with van der Waals surface area (Å²) in [5, 5.41) is 4.11. The van der Waals surface area contributed by atoms with Crippen LogP contribution in [0.4, 0.5) is 0 Å². The molecule has 1 amide bonds. The Labute approximate surface area is 190 Å². The van der Waals surface area contributed by atoms with Crippen LogP contribution in [0.2, 0.25) is 0 Å². The average molecular weight is 482 g/mol. The van der Waals surface area contributed by atoms with Crippen LogP contribution in [-0.4, -0.2) is 29.3 Å². The highest BCUT2D eigenvalue weighted by Gasteiger charge is 2.17. The summed E-state index contributed by atoms with van der Waals surface area (Å²) < 4.78 is 8.15. The molecule has 3 rings (SSSR count). The molecule has 1 N–H and O–H groups in total. The number of benzene rings is 2. The van der Waals surface area contributed by atoms with Crippen LogP contribution < -0.4 is 5.43 Å². The molecule has 0 aliphatic carbocycles. The summed E-state index contributed by atoms with van der Waals surface area (Å²) in [7, 11) is 0. The molecule has 0 spiro atoms. The number of ether oxygens (including phenoxy) is 1. The van der Waals surface area contributed by atoms with Gasteiger partial charge in [-0.1, -0.05) is 40.2 Å². The number of rotatable bonds is 7. The third kappa shape index (κ3) is 5.49. The van der Waals surface area contributed by atoms with Gasteiger partial charge in [0.25, 0.3) is 0 Å². The van der Waals surface area contributed by atoms with Crippen LogP contribution in [-0.2, 0) is 16.0 Å². The zero-order valence-electron chi connectivity index (χ0n) is 17.7.